The first kappa shape index (κ1) is 19.1. The van der Waals surface area contributed by atoms with E-state index in [9.17, 15) is 4.39 Å². The Hall–Kier alpha value is -1.66. The second-order valence-corrected chi connectivity index (χ2v) is 6.71. The van der Waals surface area contributed by atoms with Crippen molar-refractivity contribution < 1.29 is 13.9 Å². The Morgan fingerprint density at radius 3 is 2.62 bits per heavy atom. The number of halogens is 2. The molecule has 3 rings (SSSR count). The quantitative estimate of drug-likeness (QED) is 0.713. The van der Waals surface area contributed by atoms with Crippen LogP contribution < -0.4 is 10.1 Å². The minimum atomic E-state index is -0.343. The van der Waals surface area contributed by atoms with Crippen molar-refractivity contribution in [2.75, 3.05) is 39.4 Å². The molecule has 140 valence electrons. The maximum absolute atomic E-state index is 13.0. The molecule has 6 heteroatoms. The van der Waals surface area contributed by atoms with Crippen LogP contribution in [0, 0.1) is 5.82 Å². The van der Waals surface area contributed by atoms with Crippen molar-refractivity contribution in [2.45, 2.75) is 13.2 Å². The molecule has 1 saturated heterocycles. The first-order valence-corrected chi connectivity index (χ1v) is 9.25. The van der Waals surface area contributed by atoms with Crippen LogP contribution in [0.4, 0.5) is 4.39 Å². The maximum Gasteiger partial charge on any atom is 0.124 e. The Kier molecular flexibility index (Phi) is 7.26. The van der Waals surface area contributed by atoms with Gasteiger partial charge in [-0.3, -0.25) is 4.90 Å². The Morgan fingerprint density at radius 2 is 1.88 bits per heavy atom. The van der Waals surface area contributed by atoms with Crippen LogP contribution in [0.15, 0.2) is 42.5 Å². The summed E-state index contributed by atoms with van der Waals surface area (Å²) >= 11 is 6.01. The molecule has 0 aliphatic carbocycles. The van der Waals surface area contributed by atoms with Crippen molar-refractivity contribution in [3.05, 3.63) is 64.4 Å². The molecule has 0 aromatic heterocycles. The third-order valence-electron chi connectivity index (χ3n) is 4.37. The van der Waals surface area contributed by atoms with E-state index in [2.05, 4.69) is 10.2 Å². The summed E-state index contributed by atoms with van der Waals surface area (Å²) < 4.78 is 24.1. The van der Waals surface area contributed by atoms with Crippen LogP contribution in [-0.2, 0) is 17.9 Å². The molecule has 26 heavy (non-hydrogen) atoms. The molecule has 0 saturated carbocycles. The molecule has 0 atom stereocenters. The third-order valence-corrected chi connectivity index (χ3v) is 4.72. The summed E-state index contributed by atoms with van der Waals surface area (Å²) in [5.41, 5.74) is 1.97. The van der Waals surface area contributed by atoms with Crippen molar-refractivity contribution in [3.8, 4) is 5.75 Å². The van der Waals surface area contributed by atoms with Gasteiger partial charge in [0, 0.05) is 38.3 Å². The van der Waals surface area contributed by atoms with Gasteiger partial charge in [-0.1, -0.05) is 29.8 Å². The van der Waals surface area contributed by atoms with Crippen LogP contribution in [0.25, 0.3) is 0 Å². The van der Waals surface area contributed by atoms with E-state index in [1.165, 1.54) is 17.7 Å². The fraction of sp³-hybridized carbons (Fsp3) is 0.400. The van der Waals surface area contributed by atoms with Crippen LogP contribution >= 0.6 is 11.6 Å². The van der Waals surface area contributed by atoms with Gasteiger partial charge in [0.25, 0.3) is 0 Å². The van der Waals surface area contributed by atoms with Crippen molar-refractivity contribution in [1.82, 2.24) is 10.2 Å². The summed E-state index contributed by atoms with van der Waals surface area (Å²) in [6, 6.07) is 12.3. The number of nitrogens with zero attached hydrogens (tertiary/aromatic N) is 1. The highest BCUT2D eigenvalue weighted by atomic mass is 35.5. The highest BCUT2D eigenvalue weighted by Crippen LogP contribution is 2.20. The smallest absolute Gasteiger partial charge is 0.124 e. The highest BCUT2D eigenvalue weighted by molar-refractivity contribution is 6.31. The minimum Gasteiger partial charge on any atom is -0.489 e. The number of hydrogen-bond donors (Lipinski definition) is 1. The largest absolute Gasteiger partial charge is 0.489 e. The van der Waals surface area contributed by atoms with Crippen LogP contribution in [0.5, 0.6) is 5.75 Å². The highest BCUT2D eigenvalue weighted by Gasteiger charge is 2.09. The normalized spacial score (nSPS) is 15.2. The zero-order valence-corrected chi connectivity index (χ0v) is 15.5. The molecule has 1 heterocycles. The number of hydrogen-bond acceptors (Lipinski definition) is 4. The zero-order chi connectivity index (χ0) is 18.2. The maximum atomic E-state index is 13.0. The molecule has 0 unspecified atom stereocenters. The molecule has 1 aliphatic heterocycles. The molecule has 2 aromatic carbocycles. The van der Waals surface area contributed by atoms with Gasteiger partial charge in [-0.15, -0.1) is 0 Å². The third kappa shape index (κ3) is 5.95. The standard InChI is InChI=1S/C20H24ClFN2O2/c21-20-13-18(22)4-3-17(20)15-26-19-5-1-16(2-6-19)14-23-7-8-24-9-11-25-12-10-24/h1-6,13,23H,7-12,14-15H2. The first-order valence-electron chi connectivity index (χ1n) is 8.87. The fourth-order valence-corrected chi connectivity index (χ4v) is 3.02. The lowest BCUT2D eigenvalue weighted by Gasteiger charge is -2.26. The van der Waals surface area contributed by atoms with Gasteiger partial charge in [-0.25, -0.2) is 4.39 Å². The predicted octanol–water partition coefficient (Wildman–Crippen LogP) is 3.48. The van der Waals surface area contributed by atoms with E-state index in [-0.39, 0.29) is 5.82 Å². The van der Waals surface area contributed by atoms with Gasteiger partial charge in [-0.05, 0) is 29.8 Å². The van der Waals surface area contributed by atoms with E-state index in [1.807, 2.05) is 24.3 Å². The summed E-state index contributed by atoms with van der Waals surface area (Å²) in [7, 11) is 0. The van der Waals surface area contributed by atoms with E-state index in [0.29, 0.717) is 11.6 Å². The monoisotopic (exact) mass is 378 g/mol. The van der Waals surface area contributed by atoms with E-state index in [0.717, 1.165) is 57.3 Å². The first-order chi connectivity index (χ1) is 12.7. The summed E-state index contributed by atoms with van der Waals surface area (Å²) in [5.74, 6) is 0.423. The molecule has 4 nitrogen and oxygen atoms in total. The molecule has 0 bridgehead atoms. The average molecular weight is 379 g/mol. The average Bonchev–Trinajstić information content (AvgIpc) is 2.66. The SMILES string of the molecule is Fc1ccc(COc2ccc(CNCCN3CCOCC3)cc2)c(Cl)c1. The Morgan fingerprint density at radius 1 is 1.12 bits per heavy atom. The van der Waals surface area contributed by atoms with Crippen molar-refractivity contribution in [2.24, 2.45) is 0 Å². The number of benzene rings is 2. The van der Waals surface area contributed by atoms with E-state index < -0.39 is 0 Å². The minimum absolute atomic E-state index is 0.316. The van der Waals surface area contributed by atoms with Crippen LogP contribution in [0.3, 0.4) is 0 Å². The molecule has 1 fully saturated rings. The zero-order valence-electron chi connectivity index (χ0n) is 14.7. The molecule has 0 amide bonds. The molecular formula is C20H24ClFN2O2. The van der Waals surface area contributed by atoms with E-state index in [4.69, 9.17) is 21.1 Å². The number of ether oxygens (including phenoxy) is 2. The Balaban J connectivity index is 1.38. The summed E-state index contributed by atoms with van der Waals surface area (Å²) in [4.78, 5) is 2.41. The van der Waals surface area contributed by atoms with Gasteiger partial charge in [0.15, 0.2) is 0 Å². The van der Waals surface area contributed by atoms with Crippen LogP contribution in [0.2, 0.25) is 5.02 Å². The van der Waals surface area contributed by atoms with Gasteiger partial charge < -0.3 is 14.8 Å². The van der Waals surface area contributed by atoms with E-state index in [1.54, 1.807) is 6.07 Å². The lowest BCUT2D eigenvalue weighted by molar-refractivity contribution is 0.0384. The number of rotatable bonds is 8. The molecule has 0 radical (unpaired) electrons. The van der Waals surface area contributed by atoms with Gasteiger partial charge in [0.05, 0.1) is 18.2 Å². The molecule has 0 spiro atoms. The summed E-state index contributed by atoms with van der Waals surface area (Å²) in [5, 5.41) is 3.84. The molecule has 1 aliphatic rings. The second kappa shape index (κ2) is 9.88. The van der Waals surface area contributed by atoms with Gasteiger partial charge in [0.2, 0.25) is 0 Å². The van der Waals surface area contributed by atoms with Crippen LogP contribution in [0.1, 0.15) is 11.1 Å². The predicted molar refractivity (Wildman–Crippen MR) is 101 cm³/mol. The topological polar surface area (TPSA) is 33.7 Å². The van der Waals surface area contributed by atoms with Crippen molar-refractivity contribution >= 4 is 11.6 Å². The van der Waals surface area contributed by atoms with Gasteiger partial charge >= 0.3 is 0 Å². The second-order valence-electron chi connectivity index (χ2n) is 6.30. The van der Waals surface area contributed by atoms with Crippen LogP contribution in [-0.4, -0.2) is 44.3 Å². The Bertz CT molecular complexity index is 691. The molecular weight excluding hydrogens is 355 g/mol. The number of morpholine rings is 1. The van der Waals surface area contributed by atoms with Crippen molar-refractivity contribution in [3.63, 3.8) is 0 Å². The lowest BCUT2D eigenvalue weighted by atomic mass is 10.2. The lowest BCUT2D eigenvalue weighted by Crippen LogP contribution is -2.40. The van der Waals surface area contributed by atoms with Gasteiger partial charge in [-0.2, -0.15) is 0 Å². The van der Waals surface area contributed by atoms with Crippen molar-refractivity contribution in [1.29, 1.82) is 0 Å². The molecule has 1 N–H and O–H groups in total. The summed E-state index contributed by atoms with van der Waals surface area (Å²) in [6.07, 6.45) is 0. The molecule has 2 aromatic rings. The number of nitrogens with one attached hydrogen (secondary N) is 1. The summed E-state index contributed by atoms with van der Waals surface area (Å²) in [6.45, 7) is 6.86. The Labute approximate surface area is 158 Å². The van der Waals surface area contributed by atoms with E-state index >= 15 is 0 Å². The van der Waals surface area contributed by atoms with Gasteiger partial charge in [0.1, 0.15) is 18.2 Å². The fourth-order valence-electron chi connectivity index (χ4n) is 2.80.